The second kappa shape index (κ2) is 5.75. The van der Waals surface area contributed by atoms with Crippen LogP contribution in [0.3, 0.4) is 0 Å². The molecule has 2 atom stereocenters. The summed E-state index contributed by atoms with van der Waals surface area (Å²) < 4.78 is 5.35. The SMILES string of the molecule is COc1ccc2c(c1)C(N(C)Cc1ccccc1)CC2(C)O. The summed E-state index contributed by atoms with van der Waals surface area (Å²) in [6.45, 7) is 2.76. The highest BCUT2D eigenvalue weighted by Crippen LogP contribution is 2.46. The van der Waals surface area contributed by atoms with E-state index < -0.39 is 5.60 Å². The largest absolute Gasteiger partial charge is 0.497 e. The van der Waals surface area contributed by atoms with E-state index in [9.17, 15) is 5.11 Å². The molecule has 2 unspecified atom stereocenters. The molecule has 0 heterocycles. The van der Waals surface area contributed by atoms with Crippen molar-refractivity contribution in [1.29, 1.82) is 0 Å². The molecule has 0 amide bonds. The van der Waals surface area contributed by atoms with Crippen molar-refractivity contribution >= 4 is 0 Å². The Balaban J connectivity index is 1.89. The van der Waals surface area contributed by atoms with Crippen molar-refractivity contribution in [3.8, 4) is 5.75 Å². The molecule has 1 aliphatic rings. The first-order chi connectivity index (χ1) is 10.5. The zero-order valence-corrected chi connectivity index (χ0v) is 13.4. The van der Waals surface area contributed by atoms with Gasteiger partial charge in [-0.2, -0.15) is 0 Å². The maximum atomic E-state index is 10.7. The fourth-order valence-electron chi connectivity index (χ4n) is 3.41. The maximum absolute atomic E-state index is 10.7. The van der Waals surface area contributed by atoms with Crippen LogP contribution in [0.1, 0.15) is 36.1 Å². The van der Waals surface area contributed by atoms with Crippen molar-refractivity contribution in [3.05, 3.63) is 65.2 Å². The molecule has 1 N–H and O–H groups in total. The van der Waals surface area contributed by atoms with Gasteiger partial charge in [0.15, 0.2) is 0 Å². The third-order valence-corrected chi connectivity index (χ3v) is 4.60. The number of hydrogen-bond donors (Lipinski definition) is 1. The molecule has 0 saturated carbocycles. The molecule has 2 aromatic rings. The number of benzene rings is 2. The maximum Gasteiger partial charge on any atom is 0.119 e. The lowest BCUT2D eigenvalue weighted by Crippen LogP contribution is -2.25. The predicted molar refractivity (Wildman–Crippen MR) is 87.8 cm³/mol. The van der Waals surface area contributed by atoms with Crippen LogP contribution in [0, 0.1) is 0 Å². The van der Waals surface area contributed by atoms with Crippen molar-refractivity contribution < 1.29 is 9.84 Å². The molecule has 3 nitrogen and oxygen atoms in total. The van der Waals surface area contributed by atoms with Gasteiger partial charge in [0.05, 0.1) is 12.7 Å². The minimum atomic E-state index is -0.781. The van der Waals surface area contributed by atoms with Crippen LogP contribution in [0.15, 0.2) is 48.5 Å². The molecule has 3 rings (SSSR count). The van der Waals surface area contributed by atoms with Gasteiger partial charge in [-0.05, 0) is 49.2 Å². The van der Waals surface area contributed by atoms with Crippen LogP contribution in [0.25, 0.3) is 0 Å². The average molecular weight is 297 g/mol. The van der Waals surface area contributed by atoms with Crippen LogP contribution >= 0.6 is 0 Å². The van der Waals surface area contributed by atoms with Crippen LogP contribution in [0.5, 0.6) is 5.75 Å². The summed E-state index contributed by atoms with van der Waals surface area (Å²) in [5.41, 5.74) is 2.68. The van der Waals surface area contributed by atoms with Crippen LogP contribution in [-0.2, 0) is 12.1 Å². The van der Waals surface area contributed by atoms with Crippen molar-refractivity contribution in [2.45, 2.75) is 31.5 Å². The molecule has 1 aliphatic carbocycles. The zero-order valence-electron chi connectivity index (χ0n) is 13.4. The minimum absolute atomic E-state index is 0.195. The molecule has 0 aromatic heterocycles. The number of hydrogen-bond acceptors (Lipinski definition) is 3. The van der Waals surface area contributed by atoms with Crippen LogP contribution in [0.4, 0.5) is 0 Å². The number of ether oxygens (including phenoxy) is 1. The van der Waals surface area contributed by atoms with Gasteiger partial charge >= 0.3 is 0 Å². The second-order valence-electron chi connectivity index (χ2n) is 6.35. The Morgan fingerprint density at radius 3 is 2.64 bits per heavy atom. The molecule has 0 aliphatic heterocycles. The van der Waals surface area contributed by atoms with E-state index in [1.807, 2.05) is 25.1 Å². The van der Waals surface area contributed by atoms with Crippen LogP contribution in [0.2, 0.25) is 0 Å². The van der Waals surface area contributed by atoms with Gasteiger partial charge in [-0.15, -0.1) is 0 Å². The molecule has 0 fully saturated rings. The highest BCUT2D eigenvalue weighted by Gasteiger charge is 2.40. The van der Waals surface area contributed by atoms with Crippen molar-refractivity contribution in [3.63, 3.8) is 0 Å². The van der Waals surface area contributed by atoms with E-state index in [1.54, 1.807) is 7.11 Å². The normalized spacial score (nSPS) is 23.6. The summed E-state index contributed by atoms with van der Waals surface area (Å²) in [5, 5.41) is 10.7. The minimum Gasteiger partial charge on any atom is -0.497 e. The molecule has 116 valence electrons. The van der Waals surface area contributed by atoms with Crippen molar-refractivity contribution in [2.24, 2.45) is 0 Å². The monoisotopic (exact) mass is 297 g/mol. The zero-order chi connectivity index (χ0) is 15.7. The van der Waals surface area contributed by atoms with Gasteiger partial charge in [0, 0.05) is 12.6 Å². The Morgan fingerprint density at radius 1 is 1.23 bits per heavy atom. The molecule has 3 heteroatoms. The molecule has 0 spiro atoms. The molecule has 0 bridgehead atoms. The number of fused-ring (bicyclic) bond motifs is 1. The van der Waals surface area contributed by atoms with Crippen LogP contribution in [-0.4, -0.2) is 24.2 Å². The van der Waals surface area contributed by atoms with Gasteiger partial charge in [-0.3, -0.25) is 4.90 Å². The number of methoxy groups -OCH3 is 1. The lowest BCUT2D eigenvalue weighted by Gasteiger charge is -2.26. The van der Waals surface area contributed by atoms with Gasteiger partial charge in [0.2, 0.25) is 0 Å². The highest BCUT2D eigenvalue weighted by molar-refractivity contribution is 5.44. The molecule has 0 radical (unpaired) electrons. The van der Waals surface area contributed by atoms with E-state index in [0.29, 0.717) is 6.42 Å². The summed E-state index contributed by atoms with van der Waals surface area (Å²) in [7, 11) is 3.79. The molecule has 2 aromatic carbocycles. The average Bonchev–Trinajstić information content (AvgIpc) is 2.79. The Bertz CT molecular complexity index is 652. The van der Waals surface area contributed by atoms with Gasteiger partial charge in [-0.1, -0.05) is 36.4 Å². The van der Waals surface area contributed by atoms with E-state index >= 15 is 0 Å². The van der Waals surface area contributed by atoms with E-state index in [0.717, 1.165) is 17.9 Å². The van der Waals surface area contributed by atoms with Crippen LogP contribution < -0.4 is 4.74 Å². The first kappa shape index (κ1) is 15.1. The van der Waals surface area contributed by atoms with E-state index in [-0.39, 0.29) is 6.04 Å². The fraction of sp³-hybridized carbons (Fsp3) is 0.368. The lowest BCUT2D eigenvalue weighted by molar-refractivity contribution is 0.0365. The van der Waals surface area contributed by atoms with E-state index in [2.05, 4.69) is 42.3 Å². The number of nitrogens with zero attached hydrogens (tertiary/aromatic N) is 1. The second-order valence-corrected chi connectivity index (χ2v) is 6.35. The first-order valence-corrected chi connectivity index (χ1v) is 7.66. The van der Waals surface area contributed by atoms with Crippen molar-refractivity contribution in [1.82, 2.24) is 4.90 Å². The Kier molecular flexibility index (Phi) is 3.94. The summed E-state index contributed by atoms with van der Waals surface area (Å²) >= 11 is 0. The first-order valence-electron chi connectivity index (χ1n) is 7.66. The van der Waals surface area contributed by atoms with Gasteiger partial charge in [0.25, 0.3) is 0 Å². The topological polar surface area (TPSA) is 32.7 Å². The van der Waals surface area contributed by atoms with Gasteiger partial charge in [-0.25, -0.2) is 0 Å². The standard InChI is InChI=1S/C19H23NO2/c1-19(21)12-18(16-11-15(22-3)9-10-17(16)19)20(2)13-14-7-5-4-6-8-14/h4-11,18,21H,12-13H2,1-3H3. The summed E-state index contributed by atoms with van der Waals surface area (Å²) in [6, 6.07) is 16.6. The Morgan fingerprint density at radius 2 is 1.95 bits per heavy atom. The smallest absolute Gasteiger partial charge is 0.119 e. The summed E-state index contributed by atoms with van der Waals surface area (Å²) in [5.74, 6) is 0.842. The molecular weight excluding hydrogens is 274 g/mol. The third-order valence-electron chi connectivity index (χ3n) is 4.60. The van der Waals surface area contributed by atoms with Gasteiger partial charge < -0.3 is 9.84 Å². The third kappa shape index (κ3) is 2.74. The van der Waals surface area contributed by atoms with E-state index in [4.69, 9.17) is 4.74 Å². The summed E-state index contributed by atoms with van der Waals surface area (Å²) in [4.78, 5) is 2.30. The van der Waals surface area contributed by atoms with Gasteiger partial charge in [0.1, 0.15) is 5.75 Å². The quantitative estimate of drug-likeness (QED) is 0.938. The lowest BCUT2D eigenvalue weighted by atomic mass is 9.99. The Labute approximate surface area is 132 Å². The molecule has 22 heavy (non-hydrogen) atoms. The fourth-order valence-corrected chi connectivity index (χ4v) is 3.41. The van der Waals surface area contributed by atoms with Crippen molar-refractivity contribution in [2.75, 3.05) is 14.2 Å². The van der Waals surface area contributed by atoms with E-state index in [1.165, 1.54) is 11.1 Å². The number of rotatable bonds is 4. The molecular formula is C19H23NO2. The highest BCUT2D eigenvalue weighted by atomic mass is 16.5. The Hall–Kier alpha value is -1.84. The summed E-state index contributed by atoms with van der Waals surface area (Å²) in [6.07, 6.45) is 0.707. The number of aliphatic hydroxyl groups is 1. The predicted octanol–water partition coefficient (Wildman–Crippen LogP) is 3.48. The molecule has 0 saturated heterocycles.